The average molecular weight is 481 g/mol. The Morgan fingerprint density at radius 2 is 2.29 bits per heavy atom. The van der Waals surface area contributed by atoms with Crippen LogP contribution in [-0.4, -0.2) is 52.8 Å². The number of nitrogens with zero attached hydrogens (tertiary/aromatic N) is 3. The zero-order chi connectivity index (χ0) is 24.1. The summed E-state index contributed by atoms with van der Waals surface area (Å²) in [7, 11) is 0. The fraction of sp³-hybridized carbons (Fsp3) is 0.440. The van der Waals surface area contributed by atoms with E-state index >= 15 is 0 Å². The molecule has 0 bridgehead atoms. The molecule has 0 saturated carbocycles. The van der Waals surface area contributed by atoms with Gasteiger partial charge in [-0.15, -0.1) is 11.3 Å². The van der Waals surface area contributed by atoms with E-state index in [0.717, 1.165) is 34.4 Å². The highest BCUT2D eigenvalue weighted by molar-refractivity contribution is 7.16. The van der Waals surface area contributed by atoms with Crippen molar-refractivity contribution in [3.63, 3.8) is 0 Å². The summed E-state index contributed by atoms with van der Waals surface area (Å²) in [6, 6.07) is 4.13. The van der Waals surface area contributed by atoms with Crippen LogP contribution in [0.4, 0.5) is 9.80 Å². The monoisotopic (exact) mass is 480 g/mol. The molecule has 4 rings (SSSR count). The summed E-state index contributed by atoms with van der Waals surface area (Å²) in [6.45, 7) is 3.18. The van der Waals surface area contributed by atoms with Gasteiger partial charge in [-0.25, -0.2) is 4.79 Å². The van der Waals surface area contributed by atoms with Crippen molar-refractivity contribution in [2.24, 2.45) is 5.92 Å². The number of carbonyl (C=O) groups is 2. The summed E-state index contributed by atoms with van der Waals surface area (Å²) >= 11 is 1.42. The van der Waals surface area contributed by atoms with E-state index < -0.39 is 6.10 Å². The third-order valence-electron chi connectivity index (χ3n) is 6.31. The van der Waals surface area contributed by atoms with Crippen LogP contribution in [0.1, 0.15) is 46.4 Å². The molecule has 8 nitrogen and oxygen atoms in total. The van der Waals surface area contributed by atoms with Gasteiger partial charge in [-0.05, 0) is 73.8 Å². The van der Waals surface area contributed by atoms with Crippen molar-refractivity contribution in [2.45, 2.75) is 45.1 Å². The Hall–Kier alpha value is -3.22. The van der Waals surface area contributed by atoms with Crippen molar-refractivity contribution in [1.29, 1.82) is 5.26 Å². The van der Waals surface area contributed by atoms with Crippen molar-refractivity contribution < 1.29 is 19.4 Å². The van der Waals surface area contributed by atoms with Gasteiger partial charge >= 0.3 is 6.09 Å². The minimum atomic E-state index is -0.481. The van der Waals surface area contributed by atoms with Crippen LogP contribution in [-0.2, 0) is 22.4 Å². The molecule has 9 heteroatoms. The van der Waals surface area contributed by atoms with E-state index in [9.17, 15) is 20.0 Å². The van der Waals surface area contributed by atoms with Gasteiger partial charge in [0.25, 0.3) is 0 Å². The lowest BCUT2D eigenvalue weighted by Crippen LogP contribution is -2.42. The van der Waals surface area contributed by atoms with E-state index in [4.69, 9.17) is 4.74 Å². The topological polar surface area (TPSA) is 116 Å². The maximum atomic E-state index is 12.5. The van der Waals surface area contributed by atoms with E-state index in [1.165, 1.54) is 17.4 Å². The van der Waals surface area contributed by atoms with Crippen molar-refractivity contribution in [2.75, 3.05) is 25.0 Å². The second-order valence-corrected chi connectivity index (χ2v) is 9.91. The zero-order valence-corrected chi connectivity index (χ0v) is 19.9. The van der Waals surface area contributed by atoms with Crippen LogP contribution in [0.2, 0.25) is 0 Å². The lowest BCUT2D eigenvalue weighted by molar-refractivity contribution is -0.111. The number of nitrogens with one attached hydrogen (secondary N) is 1. The number of hydrogen-bond acceptors (Lipinski definition) is 7. The van der Waals surface area contributed by atoms with Crippen LogP contribution in [0.25, 0.3) is 6.08 Å². The van der Waals surface area contributed by atoms with E-state index in [-0.39, 0.29) is 17.9 Å². The number of amides is 2. The molecule has 34 heavy (non-hydrogen) atoms. The quantitative estimate of drug-likeness (QED) is 0.631. The lowest BCUT2D eigenvalue weighted by atomic mass is 9.88. The van der Waals surface area contributed by atoms with Crippen molar-refractivity contribution >= 4 is 34.4 Å². The third-order valence-corrected chi connectivity index (χ3v) is 7.48. The van der Waals surface area contributed by atoms with E-state index in [0.29, 0.717) is 49.5 Å². The first-order valence-electron chi connectivity index (χ1n) is 11.5. The molecule has 1 aliphatic carbocycles. The number of aromatic nitrogens is 1. The predicted molar refractivity (Wildman–Crippen MR) is 129 cm³/mol. The lowest BCUT2D eigenvalue weighted by Gasteiger charge is -2.30. The first-order valence-corrected chi connectivity index (χ1v) is 12.3. The van der Waals surface area contributed by atoms with Crippen molar-refractivity contribution in [1.82, 2.24) is 9.88 Å². The molecule has 2 N–H and O–H groups in total. The number of likely N-dealkylation sites (tertiary alicyclic amines) is 1. The molecule has 2 aliphatic rings. The second kappa shape index (κ2) is 10.8. The van der Waals surface area contributed by atoms with Crippen LogP contribution < -0.4 is 5.32 Å². The molecule has 3 heterocycles. The Kier molecular flexibility index (Phi) is 7.60. The average Bonchev–Trinajstić information content (AvgIpc) is 3.18. The van der Waals surface area contributed by atoms with Gasteiger partial charge in [0.1, 0.15) is 11.1 Å². The van der Waals surface area contributed by atoms with Crippen LogP contribution in [0.3, 0.4) is 0 Å². The minimum absolute atomic E-state index is 0.161. The highest BCUT2D eigenvalue weighted by Crippen LogP contribution is 2.39. The fourth-order valence-corrected chi connectivity index (χ4v) is 5.69. The maximum absolute atomic E-state index is 12.5. The molecule has 2 atom stereocenters. The predicted octanol–water partition coefficient (Wildman–Crippen LogP) is 3.67. The Morgan fingerprint density at radius 1 is 1.44 bits per heavy atom. The smallest absolute Gasteiger partial charge is 0.409 e. The highest BCUT2D eigenvalue weighted by Gasteiger charge is 2.28. The number of nitriles is 1. The molecule has 2 unspecified atom stereocenters. The summed E-state index contributed by atoms with van der Waals surface area (Å²) in [5.74, 6) is -0.138. The molecule has 0 aromatic carbocycles. The maximum Gasteiger partial charge on any atom is 0.409 e. The number of thiophene rings is 1. The number of pyridine rings is 1. The van der Waals surface area contributed by atoms with E-state index in [2.05, 4.69) is 16.4 Å². The largest absolute Gasteiger partial charge is 0.449 e. The fourth-order valence-electron chi connectivity index (χ4n) is 4.37. The molecule has 1 aliphatic heterocycles. The Labute approximate surface area is 202 Å². The van der Waals surface area contributed by atoms with Gasteiger partial charge < -0.3 is 20.1 Å². The van der Waals surface area contributed by atoms with Crippen LogP contribution in [0.15, 0.2) is 24.5 Å². The minimum Gasteiger partial charge on any atom is -0.449 e. The SMILES string of the molecule is Cc1ccncc1/C=C/C(=O)Nc1sc2c(c1C#N)CCC(COC(=O)N1CCCC(O)C1)C2. The first-order chi connectivity index (χ1) is 16.4. The number of hydrogen-bond donors (Lipinski definition) is 2. The van der Waals surface area contributed by atoms with Gasteiger partial charge in [0.2, 0.25) is 5.91 Å². The number of aliphatic hydroxyl groups is 1. The number of ether oxygens (including phenoxy) is 1. The first kappa shape index (κ1) is 23.9. The van der Waals surface area contributed by atoms with Gasteiger partial charge in [0, 0.05) is 36.4 Å². The number of β-amino-alcohol motifs (C(OH)–C–C–N with tert-alkyl or cyclic N) is 1. The molecule has 1 saturated heterocycles. The van der Waals surface area contributed by atoms with Gasteiger partial charge in [-0.3, -0.25) is 9.78 Å². The molecule has 2 aromatic rings. The number of aliphatic hydroxyl groups excluding tert-OH is 1. The van der Waals surface area contributed by atoms with Gasteiger partial charge in [0.15, 0.2) is 0 Å². The van der Waals surface area contributed by atoms with Crippen LogP contribution in [0.5, 0.6) is 0 Å². The van der Waals surface area contributed by atoms with Crippen molar-refractivity contribution in [3.8, 4) is 6.07 Å². The normalized spacial score (nSPS) is 20.0. The van der Waals surface area contributed by atoms with Gasteiger partial charge in [-0.1, -0.05) is 0 Å². The number of anilines is 1. The highest BCUT2D eigenvalue weighted by atomic mass is 32.1. The van der Waals surface area contributed by atoms with Gasteiger partial charge in [0.05, 0.1) is 18.3 Å². The van der Waals surface area contributed by atoms with Crippen LogP contribution >= 0.6 is 11.3 Å². The number of carbonyl (C=O) groups excluding carboxylic acids is 2. The summed E-state index contributed by atoms with van der Waals surface area (Å²) in [6.07, 6.45) is 9.41. The molecule has 2 amide bonds. The molecular weight excluding hydrogens is 452 g/mol. The number of piperidine rings is 1. The Balaban J connectivity index is 1.36. The third kappa shape index (κ3) is 5.64. The summed E-state index contributed by atoms with van der Waals surface area (Å²) in [5.41, 5.74) is 3.39. The van der Waals surface area contributed by atoms with Gasteiger partial charge in [-0.2, -0.15) is 5.26 Å². The standard InChI is InChI=1S/C25H28N4O4S/c1-16-8-9-27-13-18(16)5-7-23(31)28-24-21(12-26)20-6-4-17(11-22(20)34-24)15-33-25(32)29-10-2-3-19(30)14-29/h5,7-9,13,17,19,30H,2-4,6,10-11,14-15H2,1H3,(H,28,31)/b7-5+. The molecule has 1 fully saturated rings. The second-order valence-electron chi connectivity index (χ2n) is 8.80. The molecule has 0 spiro atoms. The summed E-state index contributed by atoms with van der Waals surface area (Å²) < 4.78 is 5.53. The summed E-state index contributed by atoms with van der Waals surface area (Å²) in [4.78, 5) is 31.5. The number of fused-ring (bicyclic) bond motifs is 1. The number of rotatable bonds is 5. The molecule has 0 radical (unpaired) electrons. The van der Waals surface area contributed by atoms with Crippen molar-refractivity contribution in [3.05, 3.63) is 51.7 Å². The zero-order valence-electron chi connectivity index (χ0n) is 19.1. The molecular formula is C25H28N4O4S. The molecule has 2 aromatic heterocycles. The Bertz CT molecular complexity index is 1140. The molecule has 178 valence electrons. The number of aryl methyl sites for hydroxylation is 1. The summed E-state index contributed by atoms with van der Waals surface area (Å²) in [5, 5.41) is 22.9. The Morgan fingerprint density at radius 3 is 3.06 bits per heavy atom. The van der Waals surface area contributed by atoms with E-state index in [1.54, 1.807) is 23.4 Å². The van der Waals surface area contributed by atoms with Crippen LogP contribution in [0, 0.1) is 24.2 Å². The van der Waals surface area contributed by atoms with E-state index in [1.807, 2.05) is 13.0 Å².